The first-order valence-electron chi connectivity index (χ1n) is 20.0. The predicted molar refractivity (Wildman–Crippen MR) is 208 cm³/mol. The number of phenolic OH excluding ortho intramolecular Hbond substituents is 2. The number of carbonyl (C=O) groups excluding carboxylic acids is 4. The average Bonchev–Trinajstić information content (AvgIpc) is 3.14. The lowest BCUT2D eigenvalue weighted by Gasteiger charge is -2.20. The molecule has 0 bridgehead atoms. The fourth-order valence-corrected chi connectivity index (χ4v) is 6.42. The molecule has 0 saturated carbocycles. The van der Waals surface area contributed by atoms with Gasteiger partial charge in [-0.2, -0.15) is 0 Å². The second-order valence-electron chi connectivity index (χ2n) is 14.1. The van der Waals surface area contributed by atoms with Gasteiger partial charge in [0.15, 0.2) is 0 Å². The second kappa shape index (κ2) is 25.8. The quantitative estimate of drug-likeness (QED) is 0.0445. The van der Waals surface area contributed by atoms with Crippen LogP contribution >= 0.6 is 0 Å². The molecule has 10 heteroatoms. The van der Waals surface area contributed by atoms with E-state index in [0.29, 0.717) is 25.7 Å². The summed E-state index contributed by atoms with van der Waals surface area (Å²) in [5.74, 6) is -3.14. The Hall–Kier alpha value is -4.08. The summed E-state index contributed by atoms with van der Waals surface area (Å²) >= 11 is 0. The van der Waals surface area contributed by atoms with Gasteiger partial charge in [0.1, 0.15) is 11.5 Å². The fraction of sp³-hybridized carbons (Fsp3) is 0.619. The molecular weight excluding hydrogens is 656 g/mol. The number of carbonyl (C=O) groups is 4. The summed E-state index contributed by atoms with van der Waals surface area (Å²) in [5.41, 5.74) is 12.1. The lowest BCUT2D eigenvalue weighted by atomic mass is 9.90. The van der Waals surface area contributed by atoms with Crippen molar-refractivity contribution in [2.24, 2.45) is 11.8 Å². The Morgan fingerprint density at radius 2 is 0.904 bits per heavy atom. The van der Waals surface area contributed by atoms with Crippen LogP contribution in [0.15, 0.2) is 36.4 Å². The topological polar surface area (TPSA) is 157 Å². The second-order valence-corrected chi connectivity index (χ2v) is 14.1. The molecule has 10 nitrogen and oxygen atoms in total. The summed E-state index contributed by atoms with van der Waals surface area (Å²) in [6.45, 7) is 8.29. The van der Waals surface area contributed by atoms with E-state index in [-0.39, 0.29) is 34.4 Å². The van der Waals surface area contributed by atoms with Gasteiger partial charge in [-0.3, -0.25) is 40.9 Å². The van der Waals surface area contributed by atoms with Gasteiger partial charge in [0.2, 0.25) is 11.8 Å². The molecule has 0 aliphatic rings. The van der Waals surface area contributed by atoms with E-state index in [9.17, 15) is 29.4 Å². The van der Waals surface area contributed by atoms with Crippen molar-refractivity contribution in [3.8, 4) is 11.5 Å². The molecule has 0 aliphatic carbocycles. The molecule has 0 heterocycles. The number of nitrogens with one attached hydrogen (secondary N) is 4. The van der Waals surface area contributed by atoms with Gasteiger partial charge in [0.25, 0.3) is 11.8 Å². The van der Waals surface area contributed by atoms with Crippen LogP contribution in [-0.4, -0.2) is 33.8 Å². The third kappa shape index (κ3) is 16.5. The Kier molecular flexibility index (Phi) is 21.9. The number of hydrazine groups is 2. The van der Waals surface area contributed by atoms with Gasteiger partial charge in [-0.05, 0) is 86.8 Å². The Bertz CT molecular complexity index is 1380. The van der Waals surface area contributed by atoms with E-state index in [0.717, 1.165) is 62.5 Å². The highest BCUT2D eigenvalue weighted by Crippen LogP contribution is 2.23. The first-order valence-corrected chi connectivity index (χ1v) is 20.0. The van der Waals surface area contributed by atoms with Crippen molar-refractivity contribution in [2.45, 2.75) is 156 Å². The Labute approximate surface area is 312 Å². The standard InChI is InChI=1S/C42H66N4O6/c1-5-9-12-14-16-18-20-31-23-27-37(47)35(29-31)41(51)45-43-39(49)33(8-4)25-26-34(22-11-7-3)40(50)44-46-42(52)36-30-32(24-28-38(36)48)21-19-17-15-13-10-6-2/h23-24,27-30,33-34,47-48H,5-22,25-26H2,1-4H3,(H,43,49)(H,44,50)(H,45,51)(H,46,52). The van der Waals surface area contributed by atoms with E-state index >= 15 is 0 Å². The van der Waals surface area contributed by atoms with Crippen molar-refractivity contribution in [3.05, 3.63) is 58.7 Å². The highest BCUT2D eigenvalue weighted by Gasteiger charge is 2.24. The van der Waals surface area contributed by atoms with Crippen LogP contribution in [-0.2, 0) is 22.4 Å². The normalized spacial score (nSPS) is 12.2. The number of rotatable bonds is 25. The van der Waals surface area contributed by atoms with Crippen molar-refractivity contribution >= 4 is 23.6 Å². The van der Waals surface area contributed by atoms with Gasteiger partial charge in [-0.1, -0.05) is 117 Å². The maximum atomic E-state index is 13.2. The molecule has 0 aliphatic heterocycles. The Balaban J connectivity index is 1.90. The van der Waals surface area contributed by atoms with Gasteiger partial charge in [-0.25, -0.2) is 0 Å². The van der Waals surface area contributed by atoms with Gasteiger partial charge in [0.05, 0.1) is 11.1 Å². The van der Waals surface area contributed by atoms with Gasteiger partial charge in [0, 0.05) is 11.8 Å². The van der Waals surface area contributed by atoms with E-state index in [1.807, 2.05) is 26.0 Å². The van der Waals surface area contributed by atoms with Crippen LogP contribution < -0.4 is 21.7 Å². The monoisotopic (exact) mass is 722 g/mol. The van der Waals surface area contributed by atoms with E-state index in [1.165, 1.54) is 63.5 Å². The van der Waals surface area contributed by atoms with Gasteiger partial charge in [-0.15, -0.1) is 0 Å². The summed E-state index contributed by atoms with van der Waals surface area (Å²) in [4.78, 5) is 52.2. The predicted octanol–water partition coefficient (Wildman–Crippen LogP) is 8.74. The lowest BCUT2D eigenvalue weighted by Crippen LogP contribution is -2.45. The summed E-state index contributed by atoms with van der Waals surface area (Å²) < 4.78 is 0. The Morgan fingerprint density at radius 1 is 0.500 bits per heavy atom. The van der Waals surface area contributed by atoms with Crippen LogP contribution in [0.1, 0.15) is 175 Å². The molecule has 290 valence electrons. The van der Waals surface area contributed by atoms with E-state index in [4.69, 9.17) is 0 Å². The number of amides is 4. The minimum absolute atomic E-state index is 0.105. The van der Waals surface area contributed by atoms with Gasteiger partial charge >= 0.3 is 0 Å². The molecule has 0 spiro atoms. The molecule has 0 radical (unpaired) electrons. The first kappa shape index (κ1) is 44.1. The molecule has 0 saturated heterocycles. The Morgan fingerprint density at radius 3 is 1.35 bits per heavy atom. The van der Waals surface area contributed by atoms with Crippen molar-refractivity contribution in [2.75, 3.05) is 0 Å². The maximum absolute atomic E-state index is 13.2. The maximum Gasteiger partial charge on any atom is 0.273 e. The molecule has 6 N–H and O–H groups in total. The van der Waals surface area contributed by atoms with Gasteiger partial charge < -0.3 is 10.2 Å². The molecule has 2 rings (SSSR count). The van der Waals surface area contributed by atoms with E-state index in [2.05, 4.69) is 35.6 Å². The molecule has 2 unspecified atom stereocenters. The summed E-state index contributed by atoms with van der Waals surface area (Å²) in [5, 5.41) is 20.7. The van der Waals surface area contributed by atoms with Crippen LogP contribution in [0.3, 0.4) is 0 Å². The van der Waals surface area contributed by atoms with Crippen molar-refractivity contribution in [3.63, 3.8) is 0 Å². The number of benzene rings is 2. The fourth-order valence-electron chi connectivity index (χ4n) is 6.42. The molecular formula is C42H66N4O6. The molecule has 2 aromatic rings. The van der Waals surface area contributed by atoms with Crippen LogP contribution in [0.5, 0.6) is 11.5 Å². The number of aromatic hydroxyl groups is 2. The zero-order valence-corrected chi connectivity index (χ0v) is 32.3. The van der Waals surface area contributed by atoms with Crippen molar-refractivity contribution in [1.29, 1.82) is 0 Å². The summed E-state index contributed by atoms with van der Waals surface area (Å²) in [6, 6.07) is 10.0. The van der Waals surface area contributed by atoms with E-state index < -0.39 is 23.7 Å². The minimum Gasteiger partial charge on any atom is -0.507 e. The number of hydrogen-bond acceptors (Lipinski definition) is 6. The molecule has 4 amide bonds. The molecule has 2 atom stereocenters. The number of hydrogen-bond donors (Lipinski definition) is 6. The number of unbranched alkanes of at least 4 members (excludes halogenated alkanes) is 11. The molecule has 52 heavy (non-hydrogen) atoms. The van der Waals surface area contributed by atoms with E-state index in [1.54, 1.807) is 12.1 Å². The number of aryl methyl sites for hydroxylation is 2. The minimum atomic E-state index is -0.597. The zero-order chi connectivity index (χ0) is 38.1. The average molecular weight is 723 g/mol. The highest BCUT2D eigenvalue weighted by molar-refractivity contribution is 5.98. The third-order valence-electron chi connectivity index (χ3n) is 9.85. The number of phenols is 2. The summed E-state index contributed by atoms with van der Waals surface area (Å²) in [6.07, 6.45) is 19.1. The summed E-state index contributed by atoms with van der Waals surface area (Å²) in [7, 11) is 0. The van der Waals surface area contributed by atoms with Crippen LogP contribution in [0.25, 0.3) is 0 Å². The van der Waals surface area contributed by atoms with Crippen molar-refractivity contribution < 1.29 is 29.4 Å². The van der Waals surface area contributed by atoms with Crippen LogP contribution in [0.4, 0.5) is 0 Å². The zero-order valence-electron chi connectivity index (χ0n) is 32.3. The SMILES string of the molecule is CCCCCCCCc1ccc(O)c(C(=O)NNC(=O)C(CC)CCC(CCCC)C(=O)NNC(=O)c2cc(CCCCCCCC)ccc2O)c1. The van der Waals surface area contributed by atoms with Crippen LogP contribution in [0, 0.1) is 11.8 Å². The molecule has 2 aromatic carbocycles. The van der Waals surface area contributed by atoms with Crippen LogP contribution in [0.2, 0.25) is 0 Å². The highest BCUT2D eigenvalue weighted by atomic mass is 16.3. The van der Waals surface area contributed by atoms with Crippen molar-refractivity contribution in [1.82, 2.24) is 21.7 Å². The lowest BCUT2D eigenvalue weighted by molar-refractivity contribution is -0.128. The molecule has 0 fully saturated rings. The first-order chi connectivity index (χ1) is 25.1. The third-order valence-corrected chi connectivity index (χ3v) is 9.85. The largest absolute Gasteiger partial charge is 0.507 e. The smallest absolute Gasteiger partial charge is 0.273 e. The molecule has 0 aromatic heterocycles.